The Bertz CT molecular complexity index is 798. The molecule has 1 aromatic carbocycles. The largest absolute Gasteiger partial charge is 0.511 e. The molecule has 0 saturated carbocycles. The number of allylic oxidation sites excluding steroid dienone is 3. The molecule has 158 valence electrons. The number of aliphatic hydroxyl groups excluding tert-OH is 1. The van der Waals surface area contributed by atoms with Gasteiger partial charge in [-0.1, -0.05) is 11.2 Å². The van der Waals surface area contributed by atoms with Crippen molar-refractivity contribution in [3.63, 3.8) is 0 Å². The van der Waals surface area contributed by atoms with Crippen molar-refractivity contribution in [2.24, 2.45) is 11.1 Å². The highest BCUT2D eigenvalue weighted by Crippen LogP contribution is 2.33. The normalized spacial score (nSPS) is 18.6. The predicted molar refractivity (Wildman–Crippen MR) is 108 cm³/mol. The van der Waals surface area contributed by atoms with E-state index in [4.69, 9.17) is 4.84 Å². The Morgan fingerprint density at radius 2 is 2.00 bits per heavy atom. The molecule has 29 heavy (non-hydrogen) atoms. The molecule has 1 N–H and O–H groups in total. The standard InChI is InChI=1S/C21H24F3NO3S/c1-3-4-10-28-25-14(2)20-18(26)12-15(13-19(20)27)9-11-29-17-7-5-16(6-8-17)21(22,23)24/h3-8,15,26H,9-13H2,1-2H3. The number of thioether (sulfide) groups is 1. The summed E-state index contributed by atoms with van der Waals surface area (Å²) >= 11 is 1.43. The van der Waals surface area contributed by atoms with Crippen LogP contribution in [-0.4, -0.2) is 29.0 Å². The van der Waals surface area contributed by atoms with E-state index in [1.807, 2.05) is 13.0 Å². The van der Waals surface area contributed by atoms with Crippen molar-refractivity contribution in [3.05, 3.63) is 53.3 Å². The maximum atomic E-state index is 12.6. The Morgan fingerprint density at radius 1 is 1.31 bits per heavy atom. The summed E-state index contributed by atoms with van der Waals surface area (Å²) in [6, 6.07) is 5.02. The van der Waals surface area contributed by atoms with Gasteiger partial charge in [0.1, 0.15) is 12.4 Å². The molecule has 2 rings (SSSR count). The van der Waals surface area contributed by atoms with Crippen molar-refractivity contribution >= 4 is 23.3 Å². The van der Waals surface area contributed by atoms with E-state index in [-0.39, 0.29) is 23.0 Å². The summed E-state index contributed by atoms with van der Waals surface area (Å²) in [7, 11) is 0. The molecule has 1 aliphatic carbocycles. The number of benzene rings is 1. The van der Waals surface area contributed by atoms with Gasteiger partial charge in [-0.3, -0.25) is 4.79 Å². The van der Waals surface area contributed by atoms with Crippen molar-refractivity contribution in [1.82, 2.24) is 0 Å². The average molecular weight is 427 g/mol. The van der Waals surface area contributed by atoms with Crippen LogP contribution in [0.1, 0.15) is 38.7 Å². The molecule has 0 spiro atoms. The molecule has 0 aliphatic heterocycles. The van der Waals surface area contributed by atoms with E-state index < -0.39 is 11.7 Å². The second-order valence-corrected chi connectivity index (χ2v) is 7.89. The predicted octanol–water partition coefficient (Wildman–Crippen LogP) is 5.95. The lowest BCUT2D eigenvalue weighted by Crippen LogP contribution is -2.24. The number of rotatable bonds is 8. The highest BCUT2D eigenvalue weighted by molar-refractivity contribution is 7.99. The van der Waals surface area contributed by atoms with Crippen LogP contribution in [-0.2, 0) is 15.8 Å². The quantitative estimate of drug-likeness (QED) is 0.183. The van der Waals surface area contributed by atoms with E-state index in [0.717, 1.165) is 17.0 Å². The number of Topliss-reactive ketones (excluding diaryl/α,β-unsaturated/α-hetero) is 1. The lowest BCUT2D eigenvalue weighted by Gasteiger charge is -2.23. The zero-order chi connectivity index (χ0) is 21.4. The lowest BCUT2D eigenvalue weighted by atomic mass is 9.84. The summed E-state index contributed by atoms with van der Waals surface area (Å²) in [4.78, 5) is 18.3. The van der Waals surface area contributed by atoms with Crippen LogP contribution < -0.4 is 0 Å². The minimum Gasteiger partial charge on any atom is -0.511 e. The number of carbonyl (C=O) groups excluding carboxylic acids is 1. The summed E-state index contributed by atoms with van der Waals surface area (Å²) in [5.41, 5.74) is -0.0965. The zero-order valence-electron chi connectivity index (χ0n) is 16.3. The molecule has 1 aliphatic rings. The summed E-state index contributed by atoms with van der Waals surface area (Å²) in [5.74, 6) is 0.478. The number of carbonyl (C=O) groups is 1. The van der Waals surface area contributed by atoms with Gasteiger partial charge in [-0.2, -0.15) is 13.2 Å². The van der Waals surface area contributed by atoms with E-state index >= 15 is 0 Å². The first-order chi connectivity index (χ1) is 13.7. The summed E-state index contributed by atoms with van der Waals surface area (Å²) in [6.45, 7) is 3.77. The van der Waals surface area contributed by atoms with Crippen LogP contribution in [0.5, 0.6) is 0 Å². The first-order valence-corrected chi connectivity index (χ1v) is 10.2. The van der Waals surface area contributed by atoms with Crippen LogP contribution >= 0.6 is 11.8 Å². The van der Waals surface area contributed by atoms with Crippen LogP contribution in [0.2, 0.25) is 0 Å². The molecule has 0 radical (unpaired) electrons. The molecule has 0 aromatic heterocycles. The Morgan fingerprint density at radius 3 is 2.59 bits per heavy atom. The molecule has 4 nitrogen and oxygen atoms in total. The van der Waals surface area contributed by atoms with E-state index in [1.165, 1.54) is 23.9 Å². The molecular formula is C21H24F3NO3S. The van der Waals surface area contributed by atoms with Crippen molar-refractivity contribution in [3.8, 4) is 0 Å². The van der Waals surface area contributed by atoms with E-state index in [9.17, 15) is 23.1 Å². The van der Waals surface area contributed by atoms with Crippen LogP contribution in [0.25, 0.3) is 0 Å². The zero-order valence-corrected chi connectivity index (χ0v) is 17.1. The van der Waals surface area contributed by atoms with Crippen molar-refractivity contribution in [2.75, 3.05) is 12.4 Å². The van der Waals surface area contributed by atoms with Gasteiger partial charge >= 0.3 is 6.18 Å². The maximum absolute atomic E-state index is 12.6. The molecule has 0 bridgehead atoms. The van der Waals surface area contributed by atoms with Crippen LogP contribution in [0, 0.1) is 5.92 Å². The monoisotopic (exact) mass is 427 g/mol. The number of hydrogen-bond donors (Lipinski definition) is 1. The number of hydrogen-bond acceptors (Lipinski definition) is 5. The number of alkyl halides is 3. The smallest absolute Gasteiger partial charge is 0.416 e. The van der Waals surface area contributed by atoms with Gasteiger partial charge < -0.3 is 9.94 Å². The van der Waals surface area contributed by atoms with Gasteiger partial charge in [-0.05, 0) is 62.3 Å². The number of oxime groups is 1. The first-order valence-electron chi connectivity index (χ1n) is 9.25. The number of nitrogens with zero attached hydrogens (tertiary/aromatic N) is 1. The van der Waals surface area contributed by atoms with Crippen molar-refractivity contribution in [2.45, 2.75) is 44.2 Å². The molecule has 8 heteroatoms. The highest BCUT2D eigenvalue weighted by atomic mass is 32.2. The molecule has 0 heterocycles. The molecule has 1 unspecified atom stereocenters. The van der Waals surface area contributed by atoms with Crippen molar-refractivity contribution < 1.29 is 27.9 Å². The van der Waals surface area contributed by atoms with Crippen LogP contribution in [0.3, 0.4) is 0 Å². The molecule has 1 atom stereocenters. The summed E-state index contributed by atoms with van der Waals surface area (Å²) in [6.07, 6.45) is 0.596. The Balaban J connectivity index is 1.88. The van der Waals surface area contributed by atoms with Gasteiger partial charge in [0.15, 0.2) is 5.78 Å². The third kappa shape index (κ3) is 6.96. The minimum absolute atomic E-state index is 0.00931. The fourth-order valence-corrected chi connectivity index (χ4v) is 4.01. The Kier molecular flexibility index (Phi) is 8.37. The van der Waals surface area contributed by atoms with Crippen LogP contribution in [0.15, 0.2) is 57.8 Å². The third-order valence-corrected chi connectivity index (χ3v) is 5.52. The van der Waals surface area contributed by atoms with Gasteiger partial charge in [0.25, 0.3) is 0 Å². The van der Waals surface area contributed by atoms with Gasteiger partial charge in [0.05, 0.1) is 16.8 Å². The Labute approximate surface area is 172 Å². The maximum Gasteiger partial charge on any atom is 0.416 e. The summed E-state index contributed by atoms with van der Waals surface area (Å²) in [5, 5.41) is 14.2. The number of aliphatic hydroxyl groups is 1. The third-order valence-electron chi connectivity index (χ3n) is 4.47. The highest BCUT2D eigenvalue weighted by Gasteiger charge is 2.30. The average Bonchev–Trinajstić information content (AvgIpc) is 2.64. The fourth-order valence-electron chi connectivity index (χ4n) is 2.99. The molecule has 0 amide bonds. The molecule has 0 saturated heterocycles. The lowest BCUT2D eigenvalue weighted by molar-refractivity contribution is -0.137. The van der Waals surface area contributed by atoms with Gasteiger partial charge in [-0.15, -0.1) is 11.8 Å². The fraction of sp³-hybridized carbons (Fsp3) is 0.429. The molecule has 0 fully saturated rings. The Hall–Kier alpha value is -2.22. The SMILES string of the molecule is CC=CCON=C(C)C1=C(O)CC(CCSc2ccc(C(F)(F)F)cc2)CC1=O. The van der Waals surface area contributed by atoms with Crippen molar-refractivity contribution in [1.29, 1.82) is 0 Å². The van der Waals surface area contributed by atoms with Gasteiger partial charge in [0, 0.05) is 17.7 Å². The molecular weight excluding hydrogens is 403 g/mol. The molecule has 1 aromatic rings. The topological polar surface area (TPSA) is 58.9 Å². The van der Waals surface area contributed by atoms with E-state index in [1.54, 1.807) is 13.0 Å². The number of halogens is 3. The van der Waals surface area contributed by atoms with Gasteiger partial charge in [-0.25, -0.2) is 0 Å². The first kappa shape index (κ1) is 23.1. The number of ketones is 1. The minimum atomic E-state index is -4.34. The van der Waals surface area contributed by atoms with E-state index in [2.05, 4.69) is 5.16 Å². The van der Waals surface area contributed by atoms with Gasteiger partial charge in [0.2, 0.25) is 0 Å². The van der Waals surface area contributed by atoms with Crippen LogP contribution in [0.4, 0.5) is 13.2 Å². The second-order valence-electron chi connectivity index (χ2n) is 6.72. The summed E-state index contributed by atoms with van der Waals surface area (Å²) < 4.78 is 37.8. The van der Waals surface area contributed by atoms with E-state index in [0.29, 0.717) is 37.3 Å². The second kappa shape index (κ2) is 10.5.